The number of amides is 1. The number of H-pyrrole nitrogens is 1. The number of tetrazole rings is 1. The van der Waals surface area contributed by atoms with E-state index in [0.29, 0.717) is 37.8 Å². The zero-order chi connectivity index (χ0) is 19.7. The van der Waals surface area contributed by atoms with Gasteiger partial charge in [-0.1, -0.05) is 17.2 Å². The van der Waals surface area contributed by atoms with Crippen LogP contribution in [-0.2, 0) is 4.74 Å². The Balaban J connectivity index is 1.65. The van der Waals surface area contributed by atoms with Crippen molar-refractivity contribution in [2.45, 2.75) is 20.0 Å². The number of nitrogens with two attached hydrogens (primary N) is 1. The number of aromatic amines is 1. The van der Waals surface area contributed by atoms with E-state index in [2.05, 4.69) is 25.7 Å². The zero-order valence-electron chi connectivity index (χ0n) is 15.8. The lowest BCUT2D eigenvalue weighted by Crippen LogP contribution is -2.48. The maximum atomic E-state index is 13.0. The smallest absolute Gasteiger partial charge is 0.290 e. The number of benzene rings is 1. The summed E-state index contributed by atoms with van der Waals surface area (Å²) in [4.78, 5) is 14.8. The Kier molecular flexibility index (Phi) is 4.88. The molecule has 0 saturated carbocycles. The molecule has 10 heteroatoms. The SMILES string of the molecule is Cc1nn(-c2nn[nH]n2)c(C)c1-c1cccc(C(=O)N2CCO[C@@H](CN)C2)c1. The van der Waals surface area contributed by atoms with E-state index < -0.39 is 0 Å². The molecule has 1 aliphatic rings. The van der Waals surface area contributed by atoms with E-state index in [4.69, 9.17) is 10.5 Å². The number of hydrogen-bond donors (Lipinski definition) is 2. The summed E-state index contributed by atoms with van der Waals surface area (Å²) in [5, 5.41) is 18.5. The summed E-state index contributed by atoms with van der Waals surface area (Å²) in [6.07, 6.45) is -0.112. The number of carbonyl (C=O) groups is 1. The fourth-order valence-electron chi connectivity index (χ4n) is 3.54. The average molecular weight is 382 g/mol. The van der Waals surface area contributed by atoms with Crippen molar-refractivity contribution in [1.29, 1.82) is 0 Å². The van der Waals surface area contributed by atoms with E-state index >= 15 is 0 Å². The van der Waals surface area contributed by atoms with Crippen LogP contribution in [0, 0.1) is 13.8 Å². The van der Waals surface area contributed by atoms with Crippen LogP contribution in [0.3, 0.4) is 0 Å². The lowest BCUT2D eigenvalue weighted by molar-refractivity contribution is -0.0167. The van der Waals surface area contributed by atoms with Gasteiger partial charge in [-0.2, -0.15) is 15.0 Å². The van der Waals surface area contributed by atoms with Crippen LogP contribution in [-0.4, -0.2) is 73.6 Å². The van der Waals surface area contributed by atoms with Crippen LogP contribution in [0.2, 0.25) is 0 Å². The van der Waals surface area contributed by atoms with Crippen LogP contribution in [0.1, 0.15) is 21.7 Å². The molecular weight excluding hydrogens is 360 g/mol. The quantitative estimate of drug-likeness (QED) is 0.671. The van der Waals surface area contributed by atoms with Gasteiger partial charge >= 0.3 is 0 Å². The van der Waals surface area contributed by atoms with Crippen LogP contribution in [0.4, 0.5) is 0 Å². The van der Waals surface area contributed by atoms with E-state index in [1.165, 1.54) is 0 Å². The minimum atomic E-state index is -0.112. The van der Waals surface area contributed by atoms with E-state index in [1.807, 2.05) is 38.1 Å². The number of aromatic nitrogens is 6. The average Bonchev–Trinajstić information content (AvgIpc) is 3.35. The first kappa shape index (κ1) is 18.3. The highest BCUT2D eigenvalue weighted by Gasteiger charge is 2.25. The van der Waals surface area contributed by atoms with Gasteiger partial charge < -0.3 is 15.4 Å². The lowest BCUT2D eigenvalue weighted by Gasteiger charge is -2.32. The minimum Gasteiger partial charge on any atom is -0.373 e. The molecule has 10 nitrogen and oxygen atoms in total. The molecule has 0 aliphatic carbocycles. The Bertz CT molecular complexity index is 982. The predicted molar refractivity (Wildman–Crippen MR) is 101 cm³/mol. The molecule has 146 valence electrons. The van der Waals surface area contributed by atoms with Crippen LogP contribution in [0.25, 0.3) is 17.1 Å². The molecule has 1 fully saturated rings. The van der Waals surface area contributed by atoms with Crippen LogP contribution < -0.4 is 5.73 Å². The molecule has 2 aromatic heterocycles. The van der Waals surface area contributed by atoms with Gasteiger partial charge in [0.15, 0.2) is 0 Å². The summed E-state index contributed by atoms with van der Waals surface area (Å²) in [5.41, 5.74) is 9.87. The minimum absolute atomic E-state index is 0.0236. The Labute approximate surface area is 161 Å². The number of hydrogen-bond acceptors (Lipinski definition) is 7. The maximum absolute atomic E-state index is 13.0. The van der Waals surface area contributed by atoms with Gasteiger partial charge in [-0.3, -0.25) is 4.79 Å². The molecule has 1 aliphatic heterocycles. The molecule has 28 heavy (non-hydrogen) atoms. The molecule has 3 aromatic rings. The number of ether oxygens (including phenoxy) is 1. The van der Waals surface area contributed by atoms with Crippen molar-refractivity contribution in [3.63, 3.8) is 0 Å². The monoisotopic (exact) mass is 382 g/mol. The second kappa shape index (κ2) is 7.49. The number of rotatable bonds is 4. The van der Waals surface area contributed by atoms with Crippen LogP contribution in [0.5, 0.6) is 0 Å². The van der Waals surface area contributed by atoms with Crippen molar-refractivity contribution in [2.24, 2.45) is 5.73 Å². The van der Waals surface area contributed by atoms with Crippen molar-refractivity contribution >= 4 is 5.91 Å². The molecule has 3 N–H and O–H groups in total. The fraction of sp³-hybridized carbons (Fsp3) is 0.389. The Morgan fingerprint density at radius 2 is 2.25 bits per heavy atom. The second-order valence-electron chi connectivity index (χ2n) is 6.73. The molecule has 4 rings (SSSR count). The number of carbonyl (C=O) groups excluding carboxylic acids is 1. The summed E-state index contributed by atoms with van der Waals surface area (Å²) < 4.78 is 7.19. The summed E-state index contributed by atoms with van der Waals surface area (Å²) in [6, 6.07) is 7.57. The van der Waals surface area contributed by atoms with Gasteiger partial charge in [-0.05, 0) is 36.8 Å². The molecular formula is C18H22N8O2. The Hall–Kier alpha value is -3.11. The number of morpholine rings is 1. The summed E-state index contributed by atoms with van der Waals surface area (Å²) >= 11 is 0. The molecule has 0 spiro atoms. The van der Waals surface area contributed by atoms with Crippen molar-refractivity contribution in [3.8, 4) is 17.1 Å². The standard InChI is InChI=1S/C18H22N8O2/c1-11-16(12(2)26(22-11)18-20-23-24-21-18)13-4-3-5-14(8-13)17(27)25-6-7-28-15(9-19)10-25/h3-5,8,15H,6-7,9-10,19H2,1-2H3,(H,20,21,23,24)/t15-/m0/s1. The largest absolute Gasteiger partial charge is 0.373 e. The van der Waals surface area contributed by atoms with E-state index in [0.717, 1.165) is 22.5 Å². The van der Waals surface area contributed by atoms with Crippen molar-refractivity contribution in [1.82, 2.24) is 35.3 Å². The van der Waals surface area contributed by atoms with Crippen molar-refractivity contribution in [3.05, 3.63) is 41.2 Å². The summed E-state index contributed by atoms with van der Waals surface area (Å²) in [7, 11) is 0. The van der Waals surface area contributed by atoms with Gasteiger partial charge in [-0.25, -0.2) is 0 Å². The first-order valence-corrected chi connectivity index (χ1v) is 9.10. The van der Waals surface area contributed by atoms with Crippen molar-refractivity contribution < 1.29 is 9.53 Å². The maximum Gasteiger partial charge on any atom is 0.290 e. The first-order chi connectivity index (χ1) is 13.6. The summed E-state index contributed by atoms with van der Waals surface area (Å²) in [6.45, 7) is 5.83. The molecule has 1 saturated heterocycles. The lowest BCUT2D eigenvalue weighted by atomic mass is 10.0. The predicted octanol–water partition coefficient (Wildman–Crippen LogP) is 0.469. The molecule has 0 bridgehead atoms. The highest BCUT2D eigenvalue weighted by atomic mass is 16.5. The third-order valence-corrected chi connectivity index (χ3v) is 4.90. The Morgan fingerprint density at radius 3 is 3.00 bits per heavy atom. The molecule has 1 amide bonds. The van der Waals surface area contributed by atoms with Gasteiger partial charge in [0.1, 0.15) is 0 Å². The molecule has 3 heterocycles. The third-order valence-electron chi connectivity index (χ3n) is 4.90. The van der Waals surface area contributed by atoms with E-state index in [9.17, 15) is 4.79 Å². The van der Waals surface area contributed by atoms with Gasteiger partial charge in [0.2, 0.25) is 0 Å². The third kappa shape index (κ3) is 3.27. The number of nitrogens with zero attached hydrogens (tertiary/aromatic N) is 6. The van der Waals surface area contributed by atoms with Gasteiger partial charge in [0, 0.05) is 30.8 Å². The first-order valence-electron chi connectivity index (χ1n) is 9.10. The number of aryl methyl sites for hydroxylation is 1. The van der Waals surface area contributed by atoms with Crippen LogP contribution >= 0.6 is 0 Å². The highest BCUT2D eigenvalue weighted by Crippen LogP contribution is 2.29. The van der Waals surface area contributed by atoms with E-state index in [-0.39, 0.29) is 12.0 Å². The highest BCUT2D eigenvalue weighted by molar-refractivity contribution is 5.95. The van der Waals surface area contributed by atoms with E-state index in [1.54, 1.807) is 9.58 Å². The van der Waals surface area contributed by atoms with Gasteiger partial charge in [-0.15, -0.1) is 5.10 Å². The summed E-state index contributed by atoms with van der Waals surface area (Å²) in [5.74, 6) is 0.352. The fourth-order valence-corrected chi connectivity index (χ4v) is 3.54. The second-order valence-corrected chi connectivity index (χ2v) is 6.73. The number of nitrogens with one attached hydrogen (secondary N) is 1. The zero-order valence-corrected chi connectivity index (χ0v) is 15.8. The van der Waals surface area contributed by atoms with Crippen molar-refractivity contribution in [2.75, 3.05) is 26.2 Å². The van der Waals surface area contributed by atoms with Gasteiger partial charge in [0.25, 0.3) is 11.9 Å². The molecule has 1 aromatic carbocycles. The normalized spacial score (nSPS) is 17.1. The van der Waals surface area contributed by atoms with Gasteiger partial charge in [0.05, 0.1) is 24.1 Å². The Morgan fingerprint density at radius 1 is 1.39 bits per heavy atom. The topological polar surface area (TPSA) is 128 Å². The van der Waals surface area contributed by atoms with Crippen LogP contribution in [0.15, 0.2) is 24.3 Å². The molecule has 0 radical (unpaired) electrons. The molecule has 1 atom stereocenters. The molecule has 0 unspecified atom stereocenters.